The fraction of sp³-hybridized carbons (Fsp3) is 0.667. The predicted octanol–water partition coefficient (Wildman–Crippen LogP) is 4.98. The monoisotopic (exact) mass is 421 g/mol. The highest BCUT2D eigenvalue weighted by Gasteiger charge is 2.24. The van der Waals surface area contributed by atoms with Crippen molar-refractivity contribution in [3.05, 3.63) is 20.8 Å². The molecule has 1 fully saturated rings. The summed E-state index contributed by atoms with van der Waals surface area (Å²) in [5.74, 6) is 0.0418. The molecule has 1 atom stereocenters. The second kappa shape index (κ2) is 8.99. The molecule has 0 saturated heterocycles. The molecule has 2 aromatic rings. The van der Waals surface area contributed by atoms with Crippen LogP contribution in [-0.2, 0) is 4.79 Å². The largest absolute Gasteiger partial charge is 0.352 e. The Labute approximate surface area is 175 Å². The minimum atomic E-state index is -0.292. The van der Waals surface area contributed by atoms with E-state index in [-0.39, 0.29) is 28.8 Å². The zero-order chi connectivity index (χ0) is 20.4. The molecule has 2 heterocycles. The number of thiophene rings is 1. The van der Waals surface area contributed by atoms with E-state index in [1.54, 1.807) is 15.9 Å². The average Bonchev–Trinajstić information content (AvgIpc) is 2.78. The number of aryl methyl sites for hydroxylation is 2. The molecule has 1 aliphatic carbocycles. The molecule has 0 spiro atoms. The van der Waals surface area contributed by atoms with Crippen molar-refractivity contribution < 1.29 is 4.79 Å². The molecule has 0 unspecified atom stereocenters. The number of hydrogen-bond donors (Lipinski definition) is 1. The molecule has 1 amide bonds. The molecule has 0 bridgehead atoms. The summed E-state index contributed by atoms with van der Waals surface area (Å²) in [5.41, 5.74) is 1.02. The van der Waals surface area contributed by atoms with Gasteiger partial charge in [0.2, 0.25) is 5.91 Å². The molecular weight excluding hydrogens is 390 g/mol. The predicted molar refractivity (Wildman–Crippen MR) is 119 cm³/mol. The Hall–Kier alpha value is -1.34. The molecule has 7 heteroatoms. The number of aromatic nitrogens is 2. The first kappa shape index (κ1) is 21.4. The van der Waals surface area contributed by atoms with Crippen molar-refractivity contribution in [2.45, 2.75) is 95.6 Å². The summed E-state index contributed by atoms with van der Waals surface area (Å²) >= 11 is 2.95. The quantitative estimate of drug-likeness (QED) is 0.420. The molecule has 0 aromatic carbocycles. The molecule has 1 saturated carbocycles. The standard InChI is InChI=1S/C21H31N3O2S2/c1-12(2)24-20(26)17-13(3)14(4)27-19(17)23-21(24)28-15(5)18(25)22-16-10-8-6-7-9-11-16/h12,15-16H,6-11H2,1-5H3,(H,22,25)/t15-/m0/s1. The van der Waals surface area contributed by atoms with E-state index >= 15 is 0 Å². The maximum Gasteiger partial charge on any atom is 0.263 e. The summed E-state index contributed by atoms with van der Waals surface area (Å²) in [6.45, 7) is 9.89. The van der Waals surface area contributed by atoms with E-state index in [1.165, 1.54) is 37.4 Å². The van der Waals surface area contributed by atoms with Crippen LogP contribution in [0.15, 0.2) is 9.95 Å². The van der Waals surface area contributed by atoms with Gasteiger partial charge >= 0.3 is 0 Å². The van der Waals surface area contributed by atoms with Crippen LogP contribution in [0, 0.1) is 13.8 Å². The van der Waals surface area contributed by atoms with Gasteiger partial charge in [-0.1, -0.05) is 37.4 Å². The molecule has 2 aromatic heterocycles. The van der Waals surface area contributed by atoms with E-state index in [1.807, 2.05) is 34.6 Å². The Morgan fingerprint density at radius 1 is 1.18 bits per heavy atom. The van der Waals surface area contributed by atoms with Crippen molar-refractivity contribution in [3.63, 3.8) is 0 Å². The summed E-state index contributed by atoms with van der Waals surface area (Å²) in [6, 6.07) is 0.270. The summed E-state index contributed by atoms with van der Waals surface area (Å²) in [5, 5.41) is 4.28. The van der Waals surface area contributed by atoms with E-state index in [4.69, 9.17) is 4.98 Å². The van der Waals surface area contributed by atoms with Gasteiger partial charge < -0.3 is 5.32 Å². The van der Waals surface area contributed by atoms with Gasteiger partial charge in [-0.2, -0.15) is 0 Å². The molecule has 0 aliphatic heterocycles. The highest BCUT2D eigenvalue weighted by atomic mass is 32.2. The smallest absolute Gasteiger partial charge is 0.263 e. The maximum absolute atomic E-state index is 13.1. The topological polar surface area (TPSA) is 64.0 Å². The molecule has 1 aliphatic rings. The van der Waals surface area contributed by atoms with Crippen LogP contribution in [0.1, 0.15) is 75.8 Å². The van der Waals surface area contributed by atoms with Gasteiger partial charge in [0.15, 0.2) is 5.16 Å². The first-order valence-electron chi connectivity index (χ1n) is 10.3. The van der Waals surface area contributed by atoms with Gasteiger partial charge in [-0.05, 0) is 53.0 Å². The SMILES string of the molecule is Cc1sc2nc(S[C@@H](C)C(=O)NC3CCCCCC3)n(C(C)C)c(=O)c2c1C. The van der Waals surface area contributed by atoms with Crippen molar-refractivity contribution in [3.8, 4) is 0 Å². The number of fused-ring (bicyclic) bond motifs is 1. The van der Waals surface area contributed by atoms with Crippen LogP contribution in [0.2, 0.25) is 0 Å². The maximum atomic E-state index is 13.1. The number of carbonyl (C=O) groups is 1. The molecule has 3 rings (SSSR count). The van der Waals surface area contributed by atoms with Crippen LogP contribution in [0.25, 0.3) is 10.2 Å². The Bertz CT molecular complexity index is 908. The van der Waals surface area contributed by atoms with E-state index in [0.29, 0.717) is 5.16 Å². The van der Waals surface area contributed by atoms with Gasteiger partial charge in [0.05, 0.1) is 10.6 Å². The van der Waals surface area contributed by atoms with Gasteiger partial charge in [-0.15, -0.1) is 11.3 Å². The molecule has 5 nitrogen and oxygen atoms in total. The van der Waals surface area contributed by atoms with E-state index < -0.39 is 0 Å². The molecule has 1 N–H and O–H groups in total. The van der Waals surface area contributed by atoms with Gasteiger partial charge in [0, 0.05) is 17.0 Å². The fourth-order valence-electron chi connectivity index (χ4n) is 3.78. The lowest BCUT2D eigenvalue weighted by Crippen LogP contribution is -2.39. The number of nitrogens with one attached hydrogen (secondary N) is 1. The highest BCUT2D eigenvalue weighted by molar-refractivity contribution is 8.00. The van der Waals surface area contributed by atoms with E-state index in [0.717, 1.165) is 33.5 Å². The molecular formula is C21H31N3O2S2. The second-order valence-corrected chi connectivity index (χ2v) is 10.6. The Morgan fingerprint density at radius 2 is 1.82 bits per heavy atom. The zero-order valence-corrected chi connectivity index (χ0v) is 19.1. The van der Waals surface area contributed by atoms with Crippen molar-refractivity contribution in [1.29, 1.82) is 0 Å². The van der Waals surface area contributed by atoms with Crippen molar-refractivity contribution in [2.24, 2.45) is 0 Å². The van der Waals surface area contributed by atoms with Crippen LogP contribution >= 0.6 is 23.1 Å². The van der Waals surface area contributed by atoms with Crippen LogP contribution in [0.4, 0.5) is 0 Å². The Kier molecular flexibility index (Phi) is 6.86. The summed E-state index contributed by atoms with van der Waals surface area (Å²) in [7, 11) is 0. The van der Waals surface area contributed by atoms with Crippen LogP contribution in [-0.4, -0.2) is 26.8 Å². The van der Waals surface area contributed by atoms with Crippen molar-refractivity contribution in [1.82, 2.24) is 14.9 Å². The first-order valence-corrected chi connectivity index (χ1v) is 12.0. The summed E-state index contributed by atoms with van der Waals surface area (Å²) in [6.07, 6.45) is 7.04. The number of rotatable bonds is 5. The third-order valence-electron chi connectivity index (χ3n) is 5.57. The number of thioether (sulfide) groups is 1. The first-order chi connectivity index (χ1) is 13.3. The average molecular weight is 422 g/mol. The number of amides is 1. The second-order valence-electron chi connectivity index (χ2n) is 8.08. The number of nitrogens with zero attached hydrogens (tertiary/aromatic N) is 2. The van der Waals surface area contributed by atoms with Gasteiger partial charge in [-0.3, -0.25) is 14.2 Å². The van der Waals surface area contributed by atoms with Crippen LogP contribution in [0.5, 0.6) is 0 Å². The number of carbonyl (C=O) groups excluding carboxylic acids is 1. The van der Waals surface area contributed by atoms with Crippen molar-refractivity contribution in [2.75, 3.05) is 0 Å². The minimum absolute atomic E-state index is 0.000672. The summed E-state index contributed by atoms with van der Waals surface area (Å²) in [4.78, 5) is 32.6. The Morgan fingerprint density at radius 3 is 2.43 bits per heavy atom. The van der Waals surface area contributed by atoms with Gasteiger partial charge in [0.25, 0.3) is 5.56 Å². The van der Waals surface area contributed by atoms with Gasteiger partial charge in [0.1, 0.15) is 4.83 Å². The van der Waals surface area contributed by atoms with Crippen LogP contribution in [0.3, 0.4) is 0 Å². The van der Waals surface area contributed by atoms with E-state index in [9.17, 15) is 9.59 Å². The Balaban J connectivity index is 1.85. The molecule has 154 valence electrons. The third kappa shape index (κ3) is 4.46. The van der Waals surface area contributed by atoms with Gasteiger partial charge in [-0.25, -0.2) is 4.98 Å². The lowest BCUT2D eigenvalue weighted by molar-refractivity contribution is -0.121. The third-order valence-corrected chi connectivity index (χ3v) is 7.74. The minimum Gasteiger partial charge on any atom is -0.352 e. The fourth-order valence-corrected chi connectivity index (χ4v) is 5.90. The highest BCUT2D eigenvalue weighted by Crippen LogP contribution is 2.31. The summed E-state index contributed by atoms with van der Waals surface area (Å²) < 4.78 is 1.74. The van der Waals surface area contributed by atoms with E-state index in [2.05, 4.69) is 5.32 Å². The molecule has 0 radical (unpaired) electrons. The lowest BCUT2D eigenvalue weighted by atomic mass is 10.1. The lowest BCUT2D eigenvalue weighted by Gasteiger charge is -2.21. The molecule has 28 heavy (non-hydrogen) atoms. The number of hydrogen-bond acceptors (Lipinski definition) is 5. The normalized spacial score (nSPS) is 17.1. The van der Waals surface area contributed by atoms with Crippen molar-refractivity contribution >= 4 is 39.2 Å². The zero-order valence-electron chi connectivity index (χ0n) is 17.5. The van der Waals surface area contributed by atoms with Crippen LogP contribution < -0.4 is 10.9 Å².